The Morgan fingerprint density at radius 1 is 1.32 bits per heavy atom. The summed E-state index contributed by atoms with van der Waals surface area (Å²) in [7, 11) is 0. The molecule has 1 aromatic carbocycles. The Morgan fingerprint density at radius 3 is 2.84 bits per heavy atom. The van der Waals surface area contributed by atoms with Crippen molar-refractivity contribution in [2.45, 2.75) is 57.5 Å². The minimum atomic E-state index is 0.398. The van der Waals surface area contributed by atoms with Gasteiger partial charge in [-0.1, -0.05) is 31.9 Å². The molecule has 0 amide bonds. The van der Waals surface area contributed by atoms with E-state index < -0.39 is 0 Å². The van der Waals surface area contributed by atoms with Gasteiger partial charge in [0.15, 0.2) is 0 Å². The number of benzene rings is 1. The van der Waals surface area contributed by atoms with Crippen molar-refractivity contribution in [2.75, 3.05) is 18.0 Å². The van der Waals surface area contributed by atoms with Gasteiger partial charge in [0.05, 0.1) is 0 Å². The molecule has 1 atom stereocenters. The van der Waals surface area contributed by atoms with Crippen molar-refractivity contribution < 1.29 is 0 Å². The van der Waals surface area contributed by atoms with Gasteiger partial charge in [0.2, 0.25) is 0 Å². The zero-order valence-electron chi connectivity index (χ0n) is 12.3. The molecule has 2 heteroatoms. The van der Waals surface area contributed by atoms with Gasteiger partial charge in [0, 0.05) is 30.4 Å². The molecule has 1 N–H and O–H groups in total. The predicted molar refractivity (Wildman–Crippen MR) is 81.8 cm³/mol. The molecule has 1 saturated carbocycles. The normalized spacial score (nSPS) is 26.0. The van der Waals surface area contributed by atoms with Crippen molar-refractivity contribution in [3.05, 3.63) is 29.8 Å². The van der Waals surface area contributed by atoms with E-state index in [1.165, 1.54) is 43.5 Å². The number of piperazine rings is 1. The van der Waals surface area contributed by atoms with Crippen LogP contribution in [0.1, 0.15) is 45.1 Å². The molecule has 1 heterocycles. The molecule has 1 spiro atoms. The molecular formula is C17H26N2. The Bertz CT molecular complexity index is 435. The molecular weight excluding hydrogens is 232 g/mol. The molecule has 19 heavy (non-hydrogen) atoms. The average Bonchev–Trinajstić information content (AvgIpc) is 2.90. The van der Waals surface area contributed by atoms with Crippen molar-refractivity contribution in [1.29, 1.82) is 0 Å². The van der Waals surface area contributed by atoms with Crippen LogP contribution in [-0.2, 0) is 6.42 Å². The van der Waals surface area contributed by atoms with Crippen LogP contribution in [0.15, 0.2) is 24.3 Å². The summed E-state index contributed by atoms with van der Waals surface area (Å²) in [5, 5.41) is 3.83. The van der Waals surface area contributed by atoms with Gasteiger partial charge in [-0.15, -0.1) is 0 Å². The van der Waals surface area contributed by atoms with E-state index in [1.807, 2.05) is 0 Å². The first-order valence-corrected chi connectivity index (χ1v) is 7.83. The Hall–Kier alpha value is -1.02. The van der Waals surface area contributed by atoms with Gasteiger partial charge in [-0.25, -0.2) is 0 Å². The van der Waals surface area contributed by atoms with E-state index in [-0.39, 0.29) is 0 Å². The number of hydrogen-bond acceptors (Lipinski definition) is 2. The second-order valence-electron chi connectivity index (χ2n) is 6.37. The zero-order chi connectivity index (χ0) is 13.3. The summed E-state index contributed by atoms with van der Waals surface area (Å²) < 4.78 is 0. The van der Waals surface area contributed by atoms with Crippen LogP contribution in [0.25, 0.3) is 0 Å². The summed E-state index contributed by atoms with van der Waals surface area (Å²) >= 11 is 0. The summed E-state index contributed by atoms with van der Waals surface area (Å²) in [5.41, 5.74) is 3.26. The van der Waals surface area contributed by atoms with Crippen LogP contribution in [0.2, 0.25) is 0 Å². The Labute approximate surface area is 117 Å². The maximum Gasteiger partial charge on any atom is 0.0387 e. The van der Waals surface area contributed by atoms with Crippen LogP contribution in [0.5, 0.6) is 0 Å². The highest BCUT2D eigenvalue weighted by Crippen LogP contribution is 2.35. The van der Waals surface area contributed by atoms with Crippen LogP contribution >= 0.6 is 0 Å². The highest BCUT2D eigenvalue weighted by molar-refractivity contribution is 5.51. The number of nitrogens with one attached hydrogen (secondary N) is 1. The Morgan fingerprint density at radius 2 is 2.11 bits per heavy atom. The lowest BCUT2D eigenvalue weighted by molar-refractivity contribution is 0.276. The maximum atomic E-state index is 3.83. The number of aryl methyl sites for hydroxylation is 1. The van der Waals surface area contributed by atoms with Crippen molar-refractivity contribution in [3.63, 3.8) is 0 Å². The molecule has 0 bridgehead atoms. The zero-order valence-corrected chi connectivity index (χ0v) is 12.3. The molecule has 1 aromatic rings. The van der Waals surface area contributed by atoms with Gasteiger partial charge in [0.1, 0.15) is 0 Å². The Kier molecular flexibility index (Phi) is 3.53. The van der Waals surface area contributed by atoms with Gasteiger partial charge in [-0.05, 0) is 43.9 Å². The molecule has 1 aliphatic heterocycles. The molecule has 3 rings (SSSR count). The molecule has 104 valence electrons. The molecule has 1 unspecified atom stereocenters. The fourth-order valence-electron chi connectivity index (χ4n) is 3.70. The van der Waals surface area contributed by atoms with E-state index in [4.69, 9.17) is 0 Å². The van der Waals surface area contributed by atoms with E-state index in [0.29, 0.717) is 11.6 Å². The molecule has 0 aromatic heterocycles. The van der Waals surface area contributed by atoms with Crippen LogP contribution in [0.3, 0.4) is 0 Å². The third kappa shape index (κ3) is 2.51. The van der Waals surface area contributed by atoms with E-state index in [1.54, 1.807) is 0 Å². The van der Waals surface area contributed by atoms with E-state index >= 15 is 0 Å². The second kappa shape index (κ2) is 5.16. The van der Waals surface area contributed by atoms with E-state index in [0.717, 1.165) is 13.0 Å². The second-order valence-corrected chi connectivity index (χ2v) is 6.37. The number of nitrogens with zero attached hydrogens (tertiary/aromatic N) is 1. The smallest absolute Gasteiger partial charge is 0.0387 e. The third-order valence-corrected chi connectivity index (χ3v) is 4.99. The van der Waals surface area contributed by atoms with Crippen LogP contribution < -0.4 is 10.2 Å². The van der Waals surface area contributed by atoms with Crippen LogP contribution in [0.4, 0.5) is 5.69 Å². The van der Waals surface area contributed by atoms with Gasteiger partial charge < -0.3 is 10.2 Å². The van der Waals surface area contributed by atoms with Gasteiger partial charge in [0.25, 0.3) is 0 Å². The summed E-state index contributed by atoms with van der Waals surface area (Å²) in [5.74, 6) is 0. The molecule has 0 radical (unpaired) electrons. The fourth-order valence-corrected chi connectivity index (χ4v) is 3.70. The molecule has 2 nitrogen and oxygen atoms in total. The topological polar surface area (TPSA) is 15.3 Å². The average molecular weight is 258 g/mol. The van der Waals surface area contributed by atoms with Gasteiger partial charge >= 0.3 is 0 Å². The largest absolute Gasteiger partial charge is 0.366 e. The highest BCUT2D eigenvalue weighted by atomic mass is 15.3. The fraction of sp³-hybridized carbons (Fsp3) is 0.647. The van der Waals surface area contributed by atoms with E-state index in [9.17, 15) is 0 Å². The lowest BCUT2D eigenvalue weighted by Crippen LogP contribution is -2.62. The lowest BCUT2D eigenvalue weighted by atomic mass is 9.92. The SMILES string of the molecule is CCc1cccc(N2CC3(CCCC3)NCC2C)c1. The van der Waals surface area contributed by atoms with Crippen molar-refractivity contribution in [1.82, 2.24) is 5.32 Å². The summed E-state index contributed by atoms with van der Waals surface area (Å²) in [4.78, 5) is 2.63. The quantitative estimate of drug-likeness (QED) is 0.875. The molecule has 2 fully saturated rings. The number of anilines is 1. The van der Waals surface area contributed by atoms with E-state index in [2.05, 4.69) is 48.3 Å². The molecule has 2 aliphatic rings. The third-order valence-electron chi connectivity index (χ3n) is 4.99. The summed E-state index contributed by atoms with van der Waals surface area (Å²) in [6.07, 6.45) is 6.61. The first-order chi connectivity index (χ1) is 9.22. The van der Waals surface area contributed by atoms with Gasteiger partial charge in [-0.2, -0.15) is 0 Å². The maximum absolute atomic E-state index is 3.83. The lowest BCUT2D eigenvalue weighted by Gasteiger charge is -2.46. The summed E-state index contributed by atoms with van der Waals surface area (Å²) in [6.45, 7) is 6.88. The molecule has 1 saturated heterocycles. The van der Waals surface area contributed by atoms with Crippen LogP contribution in [0, 0.1) is 0 Å². The first kappa shape index (κ1) is 13.0. The van der Waals surface area contributed by atoms with Crippen molar-refractivity contribution >= 4 is 5.69 Å². The minimum Gasteiger partial charge on any atom is -0.366 e. The summed E-state index contributed by atoms with van der Waals surface area (Å²) in [6, 6.07) is 9.71. The van der Waals surface area contributed by atoms with Crippen molar-refractivity contribution in [2.24, 2.45) is 0 Å². The van der Waals surface area contributed by atoms with Gasteiger partial charge in [-0.3, -0.25) is 0 Å². The first-order valence-electron chi connectivity index (χ1n) is 7.83. The van der Waals surface area contributed by atoms with Crippen molar-refractivity contribution in [3.8, 4) is 0 Å². The molecule has 1 aliphatic carbocycles. The monoisotopic (exact) mass is 258 g/mol. The highest BCUT2D eigenvalue weighted by Gasteiger charge is 2.39. The number of hydrogen-bond donors (Lipinski definition) is 1. The standard InChI is InChI=1S/C17H26N2/c1-3-15-7-6-8-16(11-15)19-13-17(9-4-5-10-17)18-12-14(19)2/h6-8,11,14,18H,3-5,9-10,12-13H2,1-2H3. The predicted octanol–water partition coefficient (Wildman–Crippen LogP) is 3.36. The Balaban J connectivity index is 1.84. The minimum absolute atomic E-state index is 0.398. The van der Waals surface area contributed by atoms with Crippen LogP contribution in [-0.4, -0.2) is 24.7 Å². The number of rotatable bonds is 2.